The van der Waals surface area contributed by atoms with Gasteiger partial charge in [0.25, 0.3) is 5.91 Å². The first-order valence-corrected chi connectivity index (χ1v) is 8.45. The van der Waals surface area contributed by atoms with Crippen molar-refractivity contribution in [2.24, 2.45) is 0 Å². The van der Waals surface area contributed by atoms with Crippen molar-refractivity contribution in [3.63, 3.8) is 0 Å². The standard InChI is InChI=1S/C16H22N2O2S/c1-12-5-6-14(21-3)11-15(12)16(20)18-8-4-7-17(9-10-18)13(2)19/h5-6,11H,4,7-10H2,1-3H3. The smallest absolute Gasteiger partial charge is 0.254 e. The van der Waals surface area contributed by atoms with Gasteiger partial charge >= 0.3 is 0 Å². The Morgan fingerprint density at radius 2 is 1.76 bits per heavy atom. The molecule has 1 heterocycles. The second-order valence-electron chi connectivity index (χ2n) is 5.33. The van der Waals surface area contributed by atoms with Gasteiger partial charge in [-0.2, -0.15) is 0 Å². The van der Waals surface area contributed by atoms with Gasteiger partial charge in [-0.1, -0.05) is 6.07 Å². The summed E-state index contributed by atoms with van der Waals surface area (Å²) in [6.07, 6.45) is 2.85. The predicted molar refractivity (Wildman–Crippen MR) is 85.7 cm³/mol. The third kappa shape index (κ3) is 3.79. The lowest BCUT2D eigenvalue weighted by molar-refractivity contribution is -0.128. The highest BCUT2D eigenvalue weighted by atomic mass is 32.2. The topological polar surface area (TPSA) is 40.6 Å². The van der Waals surface area contributed by atoms with Gasteiger partial charge in [-0.3, -0.25) is 9.59 Å². The van der Waals surface area contributed by atoms with E-state index in [1.807, 2.05) is 41.2 Å². The molecule has 4 nitrogen and oxygen atoms in total. The van der Waals surface area contributed by atoms with Crippen LogP contribution in [-0.2, 0) is 4.79 Å². The van der Waals surface area contributed by atoms with Gasteiger partial charge in [0, 0.05) is 43.6 Å². The zero-order chi connectivity index (χ0) is 15.4. The highest BCUT2D eigenvalue weighted by molar-refractivity contribution is 7.98. The van der Waals surface area contributed by atoms with Gasteiger partial charge in [-0.25, -0.2) is 0 Å². The maximum atomic E-state index is 12.7. The molecule has 1 fully saturated rings. The van der Waals surface area contributed by atoms with Gasteiger partial charge in [-0.15, -0.1) is 11.8 Å². The van der Waals surface area contributed by atoms with E-state index in [4.69, 9.17) is 0 Å². The average molecular weight is 306 g/mol. The number of nitrogens with zero attached hydrogens (tertiary/aromatic N) is 2. The number of hydrogen-bond acceptors (Lipinski definition) is 3. The summed E-state index contributed by atoms with van der Waals surface area (Å²) in [5.74, 6) is 0.165. The summed E-state index contributed by atoms with van der Waals surface area (Å²) in [5, 5.41) is 0. The minimum absolute atomic E-state index is 0.0776. The van der Waals surface area contributed by atoms with Crippen LogP contribution in [0.25, 0.3) is 0 Å². The normalized spacial score (nSPS) is 15.8. The van der Waals surface area contributed by atoms with Crippen molar-refractivity contribution in [1.29, 1.82) is 0 Å². The molecular formula is C16H22N2O2S. The molecule has 0 unspecified atom stereocenters. The van der Waals surface area contributed by atoms with Crippen molar-refractivity contribution in [3.8, 4) is 0 Å². The van der Waals surface area contributed by atoms with Crippen LogP contribution in [0.3, 0.4) is 0 Å². The molecule has 0 radical (unpaired) electrons. The minimum atomic E-state index is 0.0776. The monoisotopic (exact) mass is 306 g/mol. The van der Waals surface area contributed by atoms with Crippen molar-refractivity contribution in [3.05, 3.63) is 29.3 Å². The Hall–Kier alpha value is -1.49. The van der Waals surface area contributed by atoms with Gasteiger partial charge < -0.3 is 9.80 Å². The molecule has 0 aromatic heterocycles. The Morgan fingerprint density at radius 3 is 2.43 bits per heavy atom. The number of carbonyl (C=O) groups excluding carboxylic acids is 2. The maximum absolute atomic E-state index is 12.7. The van der Waals surface area contributed by atoms with Crippen molar-refractivity contribution in [2.75, 3.05) is 32.4 Å². The minimum Gasteiger partial charge on any atom is -0.341 e. The Kier molecular flexibility index (Phi) is 5.28. The van der Waals surface area contributed by atoms with Crippen LogP contribution in [-0.4, -0.2) is 54.0 Å². The fraction of sp³-hybridized carbons (Fsp3) is 0.500. The lowest BCUT2D eigenvalue weighted by atomic mass is 10.1. The number of aryl methyl sites for hydroxylation is 1. The number of amides is 2. The zero-order valence-corrected chi connectivity index (χ0v) is 13.7. The van der Waals surface area contributed by atoms with Crippen LogP contribution >= 0.6 is 11.8 Å². The molecule has 0 N–H and O–H groups in total. The predicted octanol–water partition coefficient (Wildman–Crippen LogP) is 2.41. The van der Waals surface area contributed by atoms with E-state index < -0.39 is 0 Å². The fourth-order valence-corrected chi connectivity index (χ4v) is 3.00. The molecule has 1 saturated heterocycles. The molecular weight excluding hydrogens is 284 g/mol. The molecule has 114 valence electrons. The van der Waals surface area contributed by atoms with Crippen molar-refractivity contribution in [1.82, 2.24) is 9.80 Å². The largest absolute Gasteiger partial charge is 0.341 e. The molecule has 1 aromatic carbocycles. The van der Waals surface area contributed by atoms with E-state index in [0.29, 0.717) is 19.6 Å². The first kappa shape index (κ1) is 15.9. The zero-order valence-electron chi connectivity index (χ0n) is 12.9. The number of carbonyl (C=O) groups is 2. The van der Waals surface area contributed by atoms with Crippen LogP contribution in [0.4, 0.5) is 0 Å². The van der Waals surface area contributed by atoms with Crippen molar-refractivity contribution >= 4 is 23.6 Å². The lowest BCUT2D eigenvalue weighted by Gasteiger charge is -2.22. The SMILES string of the molecule is CSc1ccc(C)c(C(=O)N2CCCN(C(C)=O)CC2)c1. The third-order valence-electron chi connectivity index (χ3n) is 3.90. The van der Waals surface area contributed by atoms with E-state index in [9.17, 15) is 9.59 Å². The Bertz CT molecular complexity index is 545. The molecule has 1 aliphatic rings. The van der Waals surface area contributed by atoms with Gasteiger partial charge in [-0.05, 0) is 37.3 Å². The first-order chi connectivity index (χ1) is 10.0. The summed E-state index contributed by atoms with van der Waals surface area (Å²) < 4.78 is 0. The third-order valence-corrected chi connectivity index (χ3v) is 4.63. The summed E-state index contributed by atoms with van der Waals surface area (Å²) in [5.41, 5.74) is 1.78. The van der Waals surface area contributed by atoms with E-state index in [1.165, 1.54) is 0 Å². The number of rotatable bonds is 2. The van der Waals surface area contributed by atoms with Crippen LogP contribution < -0.4 is 0 Å². The van der Waals surface area contributed by atoms with E-state index >= 15 is 0 Å². The van der Waals surface area contributed by atoms with E-state index in [2.05, 4.69) is 0 Å². The molecule has 0 bridgehead atoms. The van der Waals surface area contributed by atoms with Gasteiger partial charge in [0.05, 0.1) is 0 Å². The summed E-state index contributed by atoms with van der Waals surface area (Å²) in [7, 11) is 0. The van der Waals surface area contributed by atoms with Crippen LogP contribution in [0.2, 0.25) is 0 Å². The first-order valence-electron chi connectivity index (χ1n) is 7.22. The molecule has 1 aliphatic heterocycles. The molecule has 0 aliphatic carbocycles. The van der Waals surface area contributed by atoms with Crippen LogP contribution in [0.5, 0.6) is 0 Å². The molecule has 0 spiro atoms. The summed E-state index contributed by atoms with van der Waals surface area (Å²) in [6, 6.07) is 6.01. The van der Waals surface area contributed by atoms with Crippen LogP contribution in [0.1, 0.15) is 29.3 Å². The molecule has 0 saturated carbocycles. The van der Waals surface area contributed by atoms with E-state index in [-0.39, 0.29) is 11.8 Å². The fourth-order valence-electron chi connectivity index (χ4n) is 2.56. The average Bonchev–Trinajstić information content (AvgIpc) is 2.73. The van der Waals surface area contributed by atoms with Crippen LogP contribution in [0, 0.1) is 6.92 Å². The Labute approximate surface area is 130 Å². The Balaban J connectivity index is 2.14. The van der Waals surface area contributed by atoms with Gasteiger partial charge in [0.15, 0.2) is 0 Å². The summed E-state index contributed by atoms with van der Waals surface area (Å²) in [6.45, 7) is 6.25. The highest BCUT2D eigenvalue weighted by Crippen LogP contribution is 2.21. The molecule has 0 atom stereocenters. The second kappa shape index (κ2) is 6.98. The highest BCUT2D eigenvalue weighted by Gasteiger charge is 2.22. The van der Waals surface area contributed by atoms with Crippen molar-refractivity contribution in [2.45, 2.75) is 25.2 Å². The summed E-state index contributed by atoms with van der Waals surface area (Å²) in [4.78, 5) is 29.0. The Morgan fingerprint density at radius 1 is 1.10 bits per heavy atom. The second-order valence-corrected chi connectivity index (χ2v) is 6.21. The molecule has 2 rings (SSSR count). The molecule has 5 heteroatoms. The van der Waals surface area contributed by atoms with Crippen molar-refractivity contribution < 1.29 is 9.59 Å². The number of thioether (sulfide) groups is 1. The van der Waals surface area contributed by atoms with Gasteiger partial charge in [0.2, 0.25) is 5.91 Å². The quantitative estimate of drug-likeness (QED) is 0.788. The number of hydrogen-bond donors (Lipinski definition) is 0. The molecule has 21 heavy (non-hydrogen) atoms. The maximum Gasteiger partial charge on any atom is 0.254 e. The van der Waals surface area contributed by atoms with Gasteiger partial charge in [0.1, 0.15) is 0 Å². The van der Waals surface area contributed by atoms with Crippen LogP contribution in [0.15, 0.2) is 23.1 Å². The van der Waals surface area contributed by atoms with E-state index in [1.54, 1.807) is 18.7 Å². The van der Waals surface area contributed by atoms with E-state index in [0.717, 1.165) is 29.0 Å². The summed E-state index contributed by atoms with van der Waals surface area (Å²) >= 11 is 1.64. The molecule has 2 amide bonds. The lowest BCUT2D eigenvalue weighted by Crippen LogP contribution is -2.36. The molecule has 1 aromatic rings. The number of benzene rings is 1.